The normalized spacial score (nSPS) is 10.1. The Bertz CT molecular complexity index is 586. The van der Waals surface area contributed by atoms with Crippen molar-refractivity contribution < 1.29 is 4.79 Å². The van der Waals surface area contributed by atoms with E-state index in [1.54, 1.807) is 24.3 Å². The second-order valence-corrected chi connectivity index (χ2v) is 3.69. The van der Waals surface area contributed by atoms with Crippen molar-refractivity contribution in [3.8, 4) is 0 Å². The molecule has 92 valence electrons. The molecule has 0 fully saturated rings. The van der Waals surface area contributed by atoms with Gasteiger partial charge in [0.05, 0.1) is 0 Å². The molecule has 7 heteroatoms. The number of ketones is 1. The minimum atomic E-state index is 0.0103. The van der Waals surface area contributed by atoms with Crippen LogP contribution in [0.1, 0.15) is 17.3 Å². The molecule has 0 bridgehead atoms. The quantitative estimate of drug-likeness (QED) is 0.488. The van der Waals surface area contributed by atoms with Crippen LogP contribution in [0.25, 0.3) is 0 Å². The van der Waals surface area contributed by atoms with Crippen molar-refractivity contribution in [1.29, 1.82) is 5.53 Å². The lowest BCUT2D eigenvalue weighted by molar-refractivity contribution is 0.101. The standard InChI is InChI=1S/C11H12N6O/c1-6(18)7-2-4-8(5-3-7)14-10-9(12)15-11(16-10)17-13/h2-5,13-14H,12H2,1H3,(H,15,16). The highest BCUT2D eigenvalue weighted by molar-refractivity contribution is 5.94. The van der Waals surface area contributed by atoms with Crippen molar-refractivity contribution in [2.24, 2.45) is 5.11 Å². The molecule has 2 rings (SSSR count). The van der Waals surface area contributed by atoms with E-state index in [0.717, 1.165) is 5.69 Å². The predicted molar refractivity (Wildman–Crippen MR) is 67.5 cm³/mol. The molecule has 0 radical (unpaired) electrons. The predicted octanol–water partition coefficient (Wildman–Crippen LogP) is 2.60. The molecule has 1 heterocycles. The van der Waals surface area contributed by atoms with Gasteiger partial charge >= 0.3 is 0 Å². The molecule has 0 saturated heterocycles. The molecule has 0 atom stereocenters. The molecule has 1 aromatic carbocycles. The number of hydrogen-bond acceptors (Lipinski definition) is 6. The van der Waals surface area contributed by atoms with E-state index in [1.807, 2.05) is 0 Å². The first-order valence-electron chi connectivity index (χ1n) is 5.21. The Morgan fingerprint density at radius 2 is 2.11 bits per heavy atom. The van der Waals surface area contributed by atoms with E-state index in [2.05, 4.69) is 20.4 Å². The summed E-state index contributed by atoms with van der Waals surface area (Å²) in [5, 5.41) is 6.12. The number of aromatic amines is 1. The fourth-order valence-corrected chi connectivity index (χ4v) is 1.45. The third-order valence-electron chi connectivity index (χ3n) is 2.38. The Morgan fingerprint density at radius 1 is 1.44 bits per heavy atom. The van der Waals surface area contributed by atoms with Gasteiger partial charge in [-0.15, -0.1) is 5.11 Å². The number of nitrogens with two attached hydrogens (primary N) is 1. The summed E-state index contributed by atoms with van der Waals surface area (Å²) < 4.78 is 0. The number of carbonyl (C=O) groups is 1. The van der Waals surface area contributed by atoms with Crippen molar-refractivity contribution >= 4 is 29.1 Å². The highest BCUT2D eigenvalue weighted by atomic mass is 16.1. The molecule has 2 aromatic rings. The number of hydrogen-bond donors (Lipinski definition) is 4. The number of carbonyl (C=O) groups excluding carboxylic acids is 1. The molecular weight excluding hydrogens is 232 g/mol. The Balaban J connectivity index is 2.20. The summed E-state index contributed by atoms with van der Waals surface area (Å²) in [7, 11) is 0. The number of rotatable bonds is 4. The maximum absolute atomic E-state index is 11.1. The second-order valence-electron chi connectivity index (χ2n) is 3.69. The van der Waals surface area contributed by atoms with Gasteiger partial charge in [0.25, 0.3) is 0 Å². The van der Waals surface area contributed by atoms with E-state index in [0.29, 0.717) is 17.2 Å². The van der Waals surface area contributed by atoms with Crippen molar-refractivity contribution in [2.45, 2.75) is 6.92 Å². The molecule has 0 aliphatic carbocycles. The monoisotopic (exact) mass is 244 g/mol. The maximum atomic E-state index is 11.1. The molecule has 0 spiro atoms. The van der Waals surface area contributed by atoms with Crippen molar-refractivity contribution in [2.75, 3.05) is 11.1 Å². The lowest BCUT2D eigenvalue weighted by atomic mass is 10.1. The summed E-state index contributed by atoms with van der Waals surface area (Å²) in [6.07, 6.45) is 0. The van der Waals surface area contributed by atoms with Gasteiger partial charge < -0.3 is 16.0 Å². The zero-order valence-corrected chi connectivity index (χ0v) is 9.69. The molecule has 0 aliphatic heterocycles. The number of anilines is 3. The molecule has 7 nitrogen and oxygen atoms in total. The molecule has 0 amide bonds. The van der Waals surface area contributed by atoms with Gasteiger partial charge in [0.2, 0.25) is 5.95 Å². The van der Waals surface area contributed by atoms with Gasteiger partial charge in [-0.1, -0.05) is 0 Å². The van der Waals surface area contributed by atoms with Gasteiger partial charge in [0, 0.05) is 11.3 Å². The Morgan fingerprint density at radius 3 is 2.61 bits per heavy atom. The molecule has 1 aromatic heterocycles. The van der Waals surface area contributed by atoms with Crippen LogP contribution in [0.15, 0.2) is 29.4 Å². The van der Waals surface area contributed by atoms with Gasteiger partial charge in [0.1, 0.15) is 5.82 Å². The number of imidazole rings is 1. The zero-order valence-electron chi connectivity index (χ0n) is 9.69. The zero-order chi connectivity index (χ0) is 13.1. The Hall–Kier alpha value is -2.70. The van der Waals surface area contributed by atoms with Crippen LogP contribution in [-0.2, 0) is 0 Å². The maximum Gasteiger partial charge on any atom is 0.249 e. The van der Waals surface area contributed by atoms with Gasteiger partial charge in [-0.25, -0.2) is 5.53 Å². The number of aromatic nitrogens is 2. The van der Waals surface area contributed by atoms with E-state index < -0.39 is 0 Å². The van der Waals surface area contributed by atoms with Gasteiger partial charge in [-0.05, 0) is 31.2 Å². The fourth-order valence-electron chi connectivity index (χ4n) is 1.45. The van der Waals surface area contributed by atoms with Crippen LogP contribution in [0.3, 0.4) is 0 Å². The van der Waals surface area contributed by atoms with Crippen LogP contribution in [0, 0.1) is 5.53 Å². The van der Waals surface area contributed by atoms with Gasteiger partial charge in [0.15, 0.2) is 11.6 Å². The lowest BCUT2D eigenvalue weighted by Gasteiger charge is -2.04. The summed E-state index contributed by atoms with van der Waals surface area (Å²) >= 11 is 0. The van der Waals surface area contributed by atoms with Crippen LogP contribution in [0.5, 0.6) is 0 Å². The third-order valence-corrected chi connectivity index (χ3v) is 2.38. The summed E-state index contributed by atoms with van der Waals surface area (Å²) in [6.45, 7) is 1.51. The Labute approximate surface area is 103 Å². The number of Topliss-reactive ketones (excluding diaryl/α,β-unsaturated/α-hetero) is 1. The largest absolute Gasteiger partial charge is 0.382 e. The SMILES string of the molecule is CC(=O)c1ccc(Nc2nc(N=N)[nH]c2N)cc1. The highest BCUT2D eigenvalue weighted by Gasteiger charge is 2.07. The van der Waals surface area contributed by atoms with Crippen LogP contribution in [0.4, 0.5) is 23.3 Å². The molecule has 0 saturated carbocycles. The van der Waals surface area contributed by atoms with Gasteiger partial charge in [-0.2, -0.15) is 4.98 Å². The van der Waals surface area contributed by atoms with E-state index in [9.17, 15) is 4.79 Å². The van der Waals surface area contributed by atoms with Crippen LogP contribution < -0.4 is 11.1 Å². The Kier molecular flexibility index (Phi) is 3.05. The topological polar surface area (TPSA) is 120 Å². The first kappa shape index (κ1) is 11.8. The number of nitrogen functional groups attached to an aromatic ring is 1. The van der Waals surface area contributed by atoms with Crippen LogP contribution in [0.2, 0.25) is 0 Å². The van der Waals surface area contributed by atoms with Crippen molar-refractivity contribution in [3.63, 3.8) is 0 Å². The average molecular weight is 244 g/mol. The van der Waals surface area contributed by atoms with Crippen LogP contribution >= 0.6 is 0 Å². The number of benzene rings is 1. The van der Waals surface area contributed by atoms with Gasteiger partial charge in [-0.3, -0.25) is 4.79 Å². The minimum absolute atomic E-state index is 0.0103. The number of nitrogens with zero attached hydrogens (tertiary/aromatic N) is 2. The van der Waals surface area contributed by atoms with E-state index in [1.165, 1.54) is 6.92 Å². The molecular formula is C11H12N6O. The summed E-state index contributed by atoms with van der Waals surface area (Å²) in [5.41, 5.74) is 13.9. The molecule has 5 N–H and O–H groups in total. The van der Waals surface area contributed by atoms with E-state index >= 15 is 0 Å². The highest BCUT2D eigenvalue weighted by Crippen LogP contribution is 2.23. The summed E-state index contributed by atoms with van der Waals surface area (Å²) in [6, 6.07) is 6.93. The summed E-state index contributed by atoms with van der Waals surface area (Å²) in [5.74, 6) is 0.847. The number of nitrogens with one attached hydrogen (secondary N) is 3. The van der Waals surface area contributed by atoms with Crippen LogP contribution in [-0.4, -0.2) is 15.8 Å². The second kappa shape index (κ2) is 4.66. The lowest BCUT2D eigenvalue weighted by Crippen LogP contribution is -1.96. The first-order chi connectivity index (χ1) is 8.60. The minimum Gasteiger partial charge on any atom is -0.382 e. The molecule has 18 heavy (non-hydrogen) atoms. The first-order valence-corrected chi connectivity index (χ1v) is 5.21. The van der Waals surface area contributed by atoms with Crippen molar-refractivity contribution in [1.82, 2.24) is 9.97 Å². The summed E-state index contributed by atoms with van der Waals surface area (Å²) in [4.78, 5) is 17.7. The number of H-pyrrole nitrogens is 1. The third kappa shape index (κ3) is 2.34. The fraction of sp³-hybridized carbons (Fsp3) is 0.0909. The molecule has 0 unspecified atom stereocenters. The van der Waals surface area contributed by atoms with Crippen molar-refractivity contribution in [3.05, 3.63) is 29.8 Å². The van der Waals surface area contributed by atoms with E-state index in [-0.39, 0.29) is 11.7 Å². The molecule has 0 aliphatic rings. The smallest absolute Gasteiger partial charge is 0.249 e. The van der Waals surface area contributed by atoms with E-state index in [4.69, 9.17) is 11.3 Å². The average Bonchev–Trinajstić information content (AvgIpc) is 2.71.